The Balaban J connectivity index is 1.56. The first-order valence-electron chi connectivity index (χ1n) is 9.44. The molecular weight excluding hydrogens is 362 g/mol. The van der Waals surface area contributed by atoms with Gasteiger partial charge in [0.1, 0.15) is 5.75 Å². The highest BCUT2D eigenvalue weighted by Crippen LogP contribution is 2.31. The molecule has 0 spiro atoms. The smallest absolute Gasteiger partial charge is 0.277 e. The van der Waals surface area contributed by atoms with E-state index in [2.05, 4.69) is 35.0 Å². The molecule has 2 aromatic rings. The lowest BCUT2D eigenvalue weighted by Crippen LogP contribution is -2.24. The normalized spacial score (nSPS) is 15.2. The Hall–Kier alpha value is -2.27. The van der Waals surface area contributed by atoms with Crippen LogP contribution >= 0.6 is 11.6 Å². The number of carbonyl (C=O) groups excluding carboxylic acids is 1. The van der Waals surface area contributed by atoms with E-state index in [4.69, 9.17) is 16.3 Å². The molecule has 27 heavy (non-hydrogen) atoms. The van der Waals surface area contributed by atoms with E-state index < -0.39 is 0 Å². The fourth-order valence-corrected chi connectivity index (χ4v) is 3.94. The summed E-state index contributed by atoms with van der Waals surface area (Å²) in [4.78, 5) is 11.9. The summed E-state index contributed by atoms with van der Waals surface area (Å²) < 4.78 is 7.83. The van der Waals surface area contributed by atoms with Gasteiger partial charge in [-0.25, -0.2) is 5.43 Å². The summed E-state index contributed by atoms with van der Waals surface area (Å²) in [5.41, 5.74) is 5.99. The van der Waals surface area contributed by atoms with Crippen molar-refractivity contribution in [1.82, 2.24) is 9.99 Å². The van der Waals surface area contributed by atoms with Gasteiger partial charge in [0.2, 0.25) is 0 Å². The maximum atomic E-state index is 11.9. The third-order valence-electron chi connectivity index (χ3n) is 5.05. The molecule has 0 unspecified atom stereocenters. The van der Waals surface area contributed by atoms with E-state index in [1.54, 1.807) is 24.4 Å². The van der Waals surface area contributed by atoms with Crippen molar-refractivity contribution in [1.29, 1.82) is 0 Å². The molecule has 0 bridgehead atoms. The molecule has 0 aliphatic heterocycles. The van der Waals surface area contributed by atoms with E-state index in [1.165, 1.54) is 43.5 Å². The Kier molecular flexibility index (Phi) is 6.56. The summed E-state index contributed by atoms with van der Waals surface area (Å²) in [6.45, 7) is 4.11. The van der Waals surface area contributed by atoms with Gasteiger partial charge in [0.05, 0.1) is 11.2 Å². The molecule has 1 fully saturated rings. The molecule has 1 N–H and O–H groups in total. The van der Waals surface area contributed by atoms with Crippen LogP contribution in [0.5, 0.6) is 5.75 Å². The summed E-state index contributed by atoms with van der Waals surface area (Å²) in [5, 5.41) is 4.56. The molecule has 5 nitrogen and oxygen atoms in total. The number of benzene rings is 1. The highest BCUT2D eigenvalue weighted by molar-refractivity contribution is 6.32. The second-order valence-corrected chi connectivity index (χ2v) is 7.41. The van der Waals surface area contributed by atoms with Gasteiger partial charge < -0.3 is 9.30 Å². The number of halogens is 1. The highest BCUT2D eigenvalue weighted by atomic mass is 35.5. The quantitative estimate of drug-likeness (QED) is 0.572. The molecule has 0 radical (unpaired) electrons. The minimum Gasteiger partial charge on any atom is -0.482 e. The number of rotatable bonds is 6. The number of hydrazone groups is 1. The summed E-state index contributed by atoms with van der Waals surface area (Å²) in [7, 11) is 0. The Morgan fingerprint density at radius 1 is 1.30 bits per heavy atom. The van der Waals surface area contributed by atoms with Crippen LogP contribution in [0.2, 0.25) is 5.02 Å². The van der Waals surface area contributed by atoms with Crippen molar-refractivity contribution < 1.29 is 9.53 Å². The highest BCUT2D eigenvalue weighted by Gasteiger charge is 2.19. The molecule has 1 heterocycles. The van der Waals surface area contributed by atoms with Gasteiger partial charge in [-0.1, -0.05) is 43.0 Å². The molecule has 0 atom stereocenters. The van der Waals surface area contributed by atoms with Crippen molar-refractivity contribution in [2.75, 3.05) is 6.61 Å². The summed E-state index contributed by atoms with van der Waals surface area (Å²) in [6.07, 6.45) is 8.12. The van der Waals surface area contributed by atoms with E-state index in [0.29, 0.717) is 16.8 Å². The van der Waals surface area contributed by atoms with Gasteiger partial charge in [-0.2, -0.15) is 5.10 Å². The summed E-state index contributed by atoms with van der Waals surface area (Å²) in [5.74, 6) is 0.154. The molecule has 0 saturated heterocycles. The number of hydrogen-bond donors (Lipinski definition) is 1. The first-order chi connectivity index (χ1) is 13.1. The summed E-state index contributed by atoms with van der Waals surface area (Å²) >= 11 is 6.00. The third-order valence-corrected chi connectivity index (χ3v) is 5.36. The second kappa shape index (κ2) is 9.09. The van der Waals surface area contributed by atoms with Gasteiger partial charge in [-0.05, 0) is 44.9 Å². The Bertz CT molecular complexity index is 823. The minimum absolute atomic E-state index is 0.137. The zero-order chi connectivity index (χ0) is 19.2. The maximum Gasteiger partial charge on any atom is 0.277 e. The predicted octanol–water partition coefficient (Wildman–Crippen LogP) is 4.79. The predicted molar refractivity (Wildman–Crippen MR) is 109 cm³/mol. The molecule has 6 heteroatoms. The molecule has 1 aliphatic carbocycles. The average molecular weight is 388 g/mol. The number of aromatic nitrogens is 1. The second-order valence-electron chi connectivity index (χ2n) is 7.00. The molecule has 144 valence electrons. The van der Waals surface area contributed by atoms with Gasteiger partial charge in [0.15, 0.2) is 6.61 Å². The van der Waals surface area contributed by atoms with Gasteiger partial charge in [-0.15, -0.1) is 0 Å². The molecule has 1 saturated carbocycles. The number of aryl methyl sites for hydroxylation is 1. The third kappa shape index (κ3) is 4.92. The van der Waals surface area contributed by atoms with Crippen molar-refractivity contribution in [3.05, 3.63) is 52.3 Å². The fourth-order valence-electron chi connectivity index (χ4n) is 3.75. The lowest BCUT2D eigenvalue weighted by Gasteiger charge is -2.26. The number of para-hydroxylation sites is 1. The minimum atomic E-state index is -0.327. The number of amides is 1. The SMILES string of the molecule is Cc1cc(/C=N\NC(=O)COc2ccccc2Cl)c(C)n1C1CCCCC1. The summed E-state index contributed by atoms with van der Waals surface area (Å²) in [6, 6.07) is 9.76. The Labute approximate surface area is 165 Å². The van der Waals surface area contributed by atoms with Crippen LogP contribution in [0.15, 0.2) is 35.4 Å². The van der Waals surface area contributed by atoms with Crippen molar-refractivity contribution in [2.24, 2.45) is 5.10 Å². The monoisotopic (exact) mass is 387 g/mol. The van der Waals surface area contributed by atoms with Crippen molar-refractivity contribution in [2.45, 2.75) is 52.0 Å². The zero-order valence-corrected chi connectivity index (χ0v) is 16.6. The van der Waals surface area contributed by atoms with Crippen molar-refractivity contribution >= 4 is 23.7 Å². The van der Waals surface area contributed by atoms with E-state index in [0.717, 1.165) is 5.56 Å². The molecule has 1 aromatic carbocycles. The fraction of sp³-hybridized carbons (Fsp3) is 0.429. The van der Waals surface area contributed by atoms with Crippen LogP contribution in [0.1, 0.15) is 55.1 Å². The van der Waals surface area contributed by atoms with E-state index in [9.17, 15) is 4.79 Å². The van der Waals surface area contributed by atoms with Gasteiger partial charge in [0, 0.05) is 23.0 Å². The Morgan fingerprint density at radius 3 is 2.78 bits per heavy atom. The first-order valence-corrected chi connectivity index (χ1v) is 9.81. The van der Waals surface area contributed by atoms with Crippen LogP contribution in [0, 0.1) is 13.8 Å². The Morgan fingerprint density at radius 2 is 2.04 bits per heavy atom. The standard InChI is InChI=1S/C21H26ClN3O2/c1-15-12-17(16(2)25(15)18-8-4-3-5-9-18)13-23-24-21(26)14-27-20-11-7-6-10-19(20)22/h6-7,10-13,18H,3-5,8-9,14H2,1-2H3,(H,24,26)/b23-13-. The van der Waals surface area contributed by atoms with Crippen LogP contribution in [0.3, 0.4) is 0 Å². The van der Waals surface area contributed by atoms with Crippen molar-refractivity contribution in [3.8, 4) is 5.75 Å². The molecule has 3 rings (SSSR count). The van der Waals surface area contributed by atoms with E-state index in [-0.39, 0.29) is 12.5 Å². The first kappa shape index (κ1) is 19.5. The van der Waals surface area contributed by atoms with Crippen LogP contribution in [-0.2, 0) is 4.79 Å². The van der Waals surface area contributed by atoms with Gasteiger partial charge in [0.25, 0.3) is 5.91 Å². The number of ether oxygens (including phenoxy) is 1. The average Bonchev–Trinajstić information content (AvgIpc) is 2.95. The lowest BCUT2D eigenvalue weighted by molar-refractivity contribution is -0.123. The number of nitrogens with zero attached hydrogens (tertiary/aromatic N) is 2. The largest absolute Gasteiger partial charge is 0.482 e. The zero-order valence-electron chi connectivity index (χ0n) is 15.9. The molecule has 1 amide bonds. The maximum absolute atomic E-state index is 11.9. The van der Waals surface area contributed by atoms with Crippen molar-refractivity contribution in [3.63, 3.8) is 0 Å². The van der Waals surface area contributed by atoms with Gasteiger partial charge in [-0.3, -0.25) is 4.79 Å². The molecule has 1 aliphatic rings. The topological polar surface area (TPSA) is 55.6 Å². The molecular formula is C21H26ClN3O2. The van der Waals surface area contributed by atoms with Gasteiger partial charge >= 0.3 is 0 Å². The number of hydrogen-bond acceptors (Lipinski definition) is 3. The van der Waals surface area contributed by atoms with Crippen LogP contribution < -0.4 is 10.2 Å². The lowest BCUT2D eigenvalue weighted by atomic mass is 9.95. The number of nitrogens with one attached hydrogen (secondary N) is 1. The number of carbonyl (C=O) groups is 1. The van der Waals surface area contributed by atoms with Crippen LogP contribution in [0.25, 0.3) is 0 Å². The van der Waals surface area contributed by atoms with E-state index >= 15 is 0 Å². The van der Waals surface area contributed by atoms with Crippen LogP contribution in [0.4, 0.5) is 0 Å². The molecule has 1 aromatic heterocycles. The van der Waals surface area contributed by atoms with E-state index in [1.807, 2.05) is 6.07 Å². The van der Waals surface area contributed by atoms with Crippen LogP contribution in [-0.4, -0.2) is 23.3 Å².